The zero-order valence-electron chi connectivity index (χ0n) is 21.5. The summed E-state index contributed by atoms with van der Waals surface area (Å²) in [5.41, 5.74) is -3.22. The van der Waals surface area contributed by atoms with Crippen molar-refractivity contribution in [3.63, 3.8) is 0 Å². The van der Waals surface area contributed by atoms with Gasteiger partial charge >= 0.3 is 19.8 Å². The van der Waals surface area contributed by atoms with Gasteiger partial charge < -0.3 is 24.2 Å². The van der Waals surface area contributed by atoms with Gasteiger partial charge in [0.2, 0.25) is 0 Å². The second-order valence-corrected chi connectivity index (χ2v) is 9.81. The molecule has 0 bridgehead atoms. The largest absolute Gasteiger partial charge is 0.575 e. The lowest BCUT2D eigenvalue weighted by atomic mass is 9.98. The van der Waals surface area contributed by atoms with E-state index in [9.17, 15) is 24.4 Å². The van der Waals surface area contributed by atoms with Crippen LogP contribution in [0.4, 0.5) is 4.39 Å². The minimum Gasteiger partial charge on any atom is -0.575 e. The van der Waals surface area contributed by atoms with Crippen molar-refractivity contribution in [2.24, 2.45) is 4.74 Å². The van der Waals surface area contributed by atoms with Gasteiger partial charge in [-0.15, -0.1) is 0 Å². The molecular formula is C24H31FN3O9P. The summed E-state index contributed by atoms with van der Waals surface area (Å²) in [6.45, 7) is 6.03. The molecule has 1 saturated heterocycles. The van der Waals surface area contributed by atoms with Crippen molar-refractivity contribution in [2.45, 2.75) is 70.7 Å². The molecule has 2 aromatic rings. The highest BCUT2D eigenvalue weighted by molar-refractivity contribution is 7.34. The first-order chi connectivity index (χ1) is 18.0. The SMILES string of the molecule is CCC(=O)OC[C@H](CC)N=[P+]([O-])Oc1ccc(C)c(OC[C@H]2O[C@@H](n3ccc(=O)[nH]c3=O)[C@](C)(F)[C@@H]2O)c1. The molecule has 3 rings (SSSR count). The Morgan fingerprint density at radius 2 is 2.11 bits per heavy atom. The van der Waals surface area contributed by atoms with Crippen LogP contribution in [0.1, 0.15) is 45.4 Å². The zero-order valence-corrected chi connectivity index (χ0v) is 22.4. The van der Waals surface area contributed by atoms with Gasteiger partial charge in [-0.25, -0.2) is 9.18 Å². The number of H-pyrrole nitrogens is 1. The molecule has 1 aromatic carbocycles. The van der Waals surface area contributed by atoms with Crippen molar-refractivity contribution in [1.82, 2.24) is 9.55 Å². The molecule has 1 aromatic heterocycles. The van der Waals surface area contributed by atoms with E-state index in [1.54, 1.807) is 26.0 Å². The maximum absolute atomic E-state index is 15.4. The number of aryl methyl sites for hydroxylation is 1. The molecule has 2 heterocycles. The van der Waals surface area contributed by atoms with E-state index in [2.05, 4.69) is 4.74 Å². The molecule has 0 aliphatic carbocycles. The molecule has 0 saturated carbocycles. The van der Waals surface area contributed by atoms with E-state index in [0.29, 0.717) is 17.7 Å². The standard InChI is InChI=1S/C24H31FN3O9P/c1-5-15(12-35-20(30)6-2)27-38(33)37-16-8-7-14(3)17(11-16)34-13-18-21(31)24(4,25)22(36-18)28-10-9-19(29)26-23(28)32/h7-11,15,18,21-22,31H,5-6,12-13H2,1-4H3,(H,26,29,32)/t15-,18+,21+,22+,24+/m0/s1. The summed E-state index contributed by atoms with van der Waals surface area (Å²) in [6, 6.07) is 5.25. The first kappa shape index (κ1) is 29.4. The third kappa shape index (κ3) is 7.04. The molecule has 0 amide bonds. The Kier molecular flexibility index (Phi) is 9.77. The van der Waals surface area contributed by atoms with Crippen LogP contribution in [-0.2, 0) is 14.3 Å². The highest BCUT2D eigenvalue weighted by Gasteiger charge is 2.55. The number of aromatic nitrogens is 2. The minimum atomic E-state index is -2.48. The Morgan fingerprint density at radius 3 is 2.76 bits per heavy atom. The summed E-state index contributed by atoms with van der Waals surface area (Å²) in [5, 5.41) is 10.5. The second-order valence-electron chi connectivity index (χ2n) is 8.92. The van der Waals surface area contributed by atoms with Crippen LogP contribution in [0.5, 0.6) is 11.5 Å². The third-order valence-corrected chi connectivity index (χ3v) is 6.90. The molecule has 6 atom stereocenters. The number of nitrogens with zero attached hydrogens (tertiary/aromatic N) is 2. The lowest BCUT2D eigenvalue weighted by molar-refractivity contribution is -0.169. The number of aromatic amines is 1. The van der Waals surface area contributed by atoms with Crippen LogP contribution in [0.25, 0.3) is 0 Å². The van der Waals surface area contributed by atoms with Crippen LogP contribution in [0.15, 0.2) is 44.8 Å². The molecule has 1 unspecified atom stereocenters. The monoisotopic (exact) mass is 555 g/mol. The van der Waals surface area contributed by atoms with Gasteiger partial charge in [-0.1, -0.05) is 24.7 Å². The molecule has 1 aliphatic heterocycles. The number of rotatable bonds is 11. The van der Waals surface area contributed by atoms with Gasteiger partial charge in [-0.2, -0.15) is 0 Å². The smallest absolute Gasteiger partial charge is 0.394 e. The van der Waals surface area contributed by atoms with Crippen molar-refractivity contribution in [3.8, 4) is 11.5 Å². The van der Waals surface area contributed by atoms with Crippen LogP contribution in [0, 0.1) is 6.92 Å². The Labute approximate surface area is 219 Å². The van der Waals surface area contributed by atoms with Gasteiger partial charge in [0, 0.05) is 24.8 Å². The number of benzene rings is 1. The fraction of sp³-hybridized carbons (Fsp3) is 0.542. The van der Waals surface area contributed by atoms with E-state index in [1.165, 1.54) is 6.07 Å². The first-order valence-electron chi connectivity index (χ1n) is 12.0. The number of esters is 1. The van der Waals surface area contributed by atoms with Gasteiger partial charge in [0.05, 0.1) is 0 Å². The number of aliphatic hydroxyl groups is 1. The number of ether oxygens (including phenoxy) is 3. The summed E-state index contributed by atoms with van der Waals surface area (Å²) in [7, 11) is -2.48. The van der Waals surface area contributed by atoms with Gasteiger partial charge in [0.1, 0.15) is 37.2 Å². The van der Waals surface area contributed by atoms with Gasteiger partial charge in [-0.05, 0) is 31.9 Å². The van der Waals surface area contributed by atoms with Crippen molar-refractivity contribution >= 4 is 14.1 Å². The fourth-order valence-electron chi connectivity index (χ4n) is 3.70. The molecule has 12 nitrogen and oxygen atoms in total. The molecule has 208 valence electrons. The Morgan fingerprint density at radius 1 is 1.37 bits per heavy atom. The predicted octanol–water partition coefficient (Wildman–Crippen LogP) is 1.88. The lowest BCUT2D eigenvalue weighted by Crippen LogP contribution is -2.43. The first-order valence-corrected chi connectivity index (χ1v) is 13.2. The van der Waals surface area contributed by atoms with Gasteiger partial charge in [-0.3, -0.25) is 23.7 Å². The van der Waals surface area contributed by atoms with E-state index in [0.717, 1.165) is 23.8 Å². The molecular weight excluding hydrogens is 524 g/mol. The van der Waals surface area contributed by atoms with Crippen LogP contribution in [0.3, 0.4) is 0 Å². The average Bonchev–Trinajstić information content (AvgIpc) is 3.09. The van der Waals surface area contributed by atoms with Crippen LogP contribution in [-0.4, -0.2) is 57.8 Å². The molecule has 38 heavy (non-hydrogen) atoms. The number of halogens is 1. The van der Waals surface area contributed by atoms with Crippen LogP contribution < -0.4 is 25.4 Å². The van der Waals surface area contributed by atoms with E-state index in [1.807, 2.05) is 11.9 Å². The lowest BCUT2D eigenvalue weighted by Gasteiger charge is -2.24. The van der Waals surface area contributed by atoms with E-state index >= 15 is 4.39 Å². The van der Waals surface area contributed by atoms with E-state index < -0.39 is 49.6 Å². The summed E-state index contributed by atoms with van der Waals surface area (Å²) in [4.78, 5) is 49.3. The number of carbonyl (C=O) groups is 1. The minimum absolute atomic E-state index is 0.000741. The molecule has 0 spiro atoms. The van der Waals surface area contributed by atoms with Crippen molar-refractivity contribution in [3.05, 3.63) is 56.9 Å². The number of hydrogen-bond donors (Lipinski definition) is 2. The van der Waals surface area contributed by atoms with E-state index in [4.69, 9.17) is 18.7 Å². The third-order valence-electron chi connectivity index (χ3n) is 6.02. The Hall–Kier alpha value is -3.12. The number of carbonyl (C=O) groups excluding carboxylic acids is 1. The number of alkyl halides is 1. The highest BCUT2D eigenvalue weighted by atomic mass is 31.1. The summed E-state index contributed by atoms with van der Waals surface area (Å²) < 4.78 is 42.1. The van der Waals surface area contributed by atoms with Crippen LogP contribution >= 0.6 is 8.17 Å². The molecule has 1 aliphatic rings. The second kappa shape index (κ2) is 12.6. The molecule has 0 radical (unpaired) electrons. The van der Waals surface area contributed by atoms with Crippen molar-refractivity contribution < 1.29 is 37.9 Å². The van der Waals surface area contributed by atoms with E-state index in [-0.39, 0.29) is 31.4 Å². The van der Waals surface area contributed by atoms with Gasteiger partial charge in [0.25, 0.3) is 5.56 Å². The topological polar surface area (TPSA) is 164 Å². The highest BCUT2D eigenvalue weighted by Crippen LogP contribution is 2.41. The number of hydrogen-bond acceptors (Lipinski definition) is 10. The Balaban J connectivity index is 1.68. The zero-order chi connectivity index (χ0) is 28.0. The predicted molar refractivity (Wildman–Crippen MR) is 133 cm³/mol. The maximum Gasteiger partial charge on any atom is 0.394 e. The molecule has 2 N–H and O–H groups in total. The fourth-order valence-corrected chi connectivity index (χ4v) is 4.54. The number of nitrogens with one attached hydrogen (secondary N) is 1. The van der Waals surface area contributed by atoms with Crippen LogP contribution in [0.2, 0.25) is 0 Å². The summed E-state index contributed by atoms with van der Waals surface area (Å²) in [6.07, 6.45) is -2.49. The number of aliphatic hydroxyl groups excluding tert-OH is 1. The average molecular weight is 555 g/mol. The molecule has 1 fully saturated rings. The normalized spacial score (nSPS) is 24.2. The maximum atomic E-state index is 15.4. The van der Waals surface area contributed by atoms with Crippen molar-refractivity contribution in [1.29, 1.82) is 0 Å². The summed E-state index contributed by atoms with van der Waals surface area (Å²) in [5.74, 6) is 0.115. The van der Waals surface area contributed by atoms with Crippen molar-refractivity contribution in [2.75, 3.05) is 13.2 Å². The molecule has 14 heteroatoms. The van der Waals surface area contributed by atoms with Gasteiger partial charge in [0.15, 0.2) is 17.6 Å². The summed E-state index contributed by atoms with van der Waals surface area (Å²) >= 11 is 0. The Bertz CT molecular complexity index is 1280. The quantitative estimate of drug-likeness (QED) is 0.311.